The van der Waals surface area contributed by atoms with Crippen LogP contribution in [0.15, 0.2) is 24.8 Å². The van der Waals surface area contributed by atoms with E-state index in [9.17, 15) is 9.90 Å². The van der Waals surface area contributed by atoms with Crippen LogP contribution >= 0.6 is 0 Å². The molecule has 0 fully saturated rings. The van der Waals surface area contributed by atoms with Gasteiger partial charge in [0.2, 0.25) is 0 Å². The van der Waals surface area contributed by atoms with Crippen LogP contribution in [0.3, 0.4) is 0 Å². The van der Waals surface area contributed by atoms with Crippen molar-refractivity contribution in [1.82, 2.24) is 0 Å². The molecule has 1 unspecified atom stereocenters. The van der Waals surface area contributed by atoms with E-state index in [2.05, 4.69) is 6.58 Å². The highest BCUT2D eigenvalue weighted by Gasteiger charge is 2.16. The number of rotatable bonds is 4. The summed E-state index contributed by atoms with van der Waals surface area (Å²) in [7, 11) is 0. The number of nitrogens with two attached hydrogens (primary N) is 2. The van der Waals surface area contributed by atoms with Gasteiger partial charge in [0, 0.05) is 17.3 Å². The van der Waals surface area contributed by atoms with Crippen molar-refractivity contribution >= 4 is 11.7 Å². The molecule has 0 aromatic heterocycles. The molecule has 1 rings (SSSR count). The Morgan fingerprint density at radius 2 is 2.19 bits per heavy atom. The Morgan fingerprint density at radius 3 is 2.69 bits per heavy atom. The number of aromatic carboxylic acids is 1. The second-order valence-corrected chi connectivity index (χ2v) is 3.43. The molecule has 1 aromatic rings. The van der Waals surface area contributed by atoms with Gasteiger partial charge in [0.25, 0.3) is 0 Å². The van der Waals surface area contributed by atoms with Crippen LogP contribution in [-0.4, -0.2) is 16.2 Å². The fourth-order valence-electron chi connectivity index (χ4n) is 1.41. The minimum Gasteiger partial charge on any atom is -0.508 e. The molecule has 16 heavy (non-hydrogen) atoms. The first-order chi connectivity index (χ1) is 7.47. The van der Waals surface area contributed by atoms with Gasteiger partial charge in [0.15, 0.2) is 0 Å². The summed E-state index contributed by atoms with van der Waals surface area (Å²) in [5, 5.41) is 18.4. The van der Waals surface area contributed by atoms with Gasteiger partial charge in [-0.3, -0.25) is 0 Å². The Labute approximate surface area is 93.0 Å². The first-order valence-corrected chi connectivity index (χ1v) is 4.69. The normalized spacial score (nSPS) is 12.1. The van der Waals surface area contributed by atoms with Crippen LogP contribution in [0.1, 0.15) is 28.4 Å². The number of carbonyl (C=O) groups is 1. The SMILES string of the molecule is C=CCC(N)c1cc(N)c(C(=O)O)cc1O. The highest BCUT2D eigenvalue weighted by Crippen LogP contribution is 2.29. The summed E-state index contributed by atoms with van der Waals surface area (Å²) in [5.74, 6) is -1.35. The maximum atomic E-state index is 10.7. The summed E-state index contributed by atoms with van der Waals surface area (Å²) in [6, 6.07) is 2.05. The minimum atomic E-state index is -1.18. The van der Waals surface area contributed by atoms with Crippen molar-refractivity contribution in [3.63, 3.8) is 0 Å². The van der Waals surface area contributed by atoms with Gasteiger partial charge in [-0.05, 0) is 18.6 Å². The predicted molar refractivity (Wildman–Crippen MR) is 61.2 cm³/mol. The number of nitrogen functional groups attached to an aromatic ring is 1. The van der Waals surface area contributed by atoms with Gasteiger partial charge in [-0.15, -0.1) is 6.58 Å². The quantitative estimate of drug-likeness (QED) is 0.348. The maximum Gasteiger partial charge on any atom is 0.337 e. The monoisotopic (exact) mass is 222 g/mol. The van der Waals surface area contributed by atoms with E-state index in [0.29, 0.717) is 12.0 Å². The lowest BCUT2D eigenvalue weighted by Crippen LogP contribution is -2.11. The number of benzene rings is 1. The molecule has 86 valence electrons. The maximum absolute atomic E-state index is 10.7. The summed E-state index contributed by atoms with van der Waals surface area (Å²) in [6.07, 6.45) is 2.09. The number of carboxylic acids is 1. The van der Waals surface area contributed by atoms with E-state index < -0.39 is 12.0 Å². The summed E-state index contributed by atoms with van der Waals surface area (Å²) >= 11 is 0. The molecule has 5 nitrogen and oxygen atoms in total. The van der Waals surface area contributed by atoms with Crippen LogP contribution in [0, 0.1) is 0 Å². The molecule has 0 aliphatic heterocycles. The van der Waals surface area contributed by atoms with Gasteiger partial charge < -0.3 is 21.7 Å². The van der Waals surface area contributed by atoms with E-state index in [0.717, 1.165) is 6.07 Å². The third kappa shape index (κ3) is 2.32. The van der Waals surface area contributed by atoms with Crippen molar-refractivity contribution in [2.75, 3.05) is 5.73 Å². The van der Waals surface area contributed by atoms with Gasteiger partial charge in [-0.2, -0.15) is 0 Å². The molecule has 0 amide bonds. The zero-order valence-electron chi connectivity index (χ0n) is 8.68. The van der Waals surface area contributed by atoms with Gasteiger partial charge in [-0.1, -0.05) is 6.08 Å². The summed E-state index contributed by atoms with van der Waals surface area (Å²) in [5.41, 5.74) is 11.7. The van der Waals surface area contributed by atoms with Gasteiger partial charge >= 0.3 is 5.97 Å². The molecule has 0 spiro atoms. The fourth-order valence-corrected chi connectivity index (χ4v) is 1.41. The van der Waals surface area contributed by atoms with Gasteiger partial charge in [-0.25, -0.2) is 4.79 Å². The van der Waals surface area contributed by atoms with E-state index in [-0.39, 0.29) is 17.0 Å². The third-order valence-electron chi connectivity index (χ3n) is 2.25. The van der Waals surface area contributed by atoms with Crippen LogP contribution in [-0.2, 0) is 0 Å². The number of hydrogen-bond acceptors (Lipinski definition) is 4. The molecule has 5 heteroatoms. The predicted octanol–water partition coefficient (Wildman–Crippen LogP) is 1.25. The van der Waals surface area contributed by atoms with E-state index in [1.54, 1.807) is 6.08 Å². The largest absolute Gasteiger partial charge is 0.508 e. The zero-order chi connectivity index (χ0) is 12.3. The van der Waals surface area contributed by atoms with Crippen LogP contribution < -0.4 is 11.5 Å². The number of phenols is 1. The van der Waals surface area contributed by atoms with Crippen LogP contribution in [0.2, 0.25) is 0 Å². The molecule has 0 bridgehead atoms. The first kappa shape index (κ1) is 12.1. The van der Waals surface area contributed by atoms with Crippen molar-refractivity contribution in [2.45, 2.75) is 12.5 Å². The van der Waals surface area contributed by atoms with Crippen molar-refractivity contribution < 1.29 is 15.0 Å². The van der Waals surface area contributed by atoms with Crippen molar-refractivity contribution in [3.05, 3.63) is 35.9 Å². The first-order valence-electron chi connectivity index (χ1n) is 4.69. The highest BCUT2D eigenvalue weighted by atomic mass is 16.4. The lowest BCUT2D eigenvalue weighted by molar-refractivity contribution is 0.0697. The molecule has 0 heterocycles. The molecule has 6 N–H and O–H groups in total. The van der Waals surface area contributed by atoms with Crippen LogP contribution in [0.5, 0.6) is 5.75 Å². The zero-order valence-corrected chi connectivity index (χ0v) is 8.68. The molecular weight excluding hydrogens is 208 g/mol. The van der Waals surface area contributed by atoms with E-state index in [1.807, 2.05) is 0 Å². The van der Waals surface area contributed by atoms with E-state index in [1.165, 1.54) is 6.07 Å². The van der Waals surface area contributed by atoms with Crippen LogP contribution in [0.25, 0.3) is 0 Å². The lowest BCUT2D eigenvalue weighted by atomic mass is 10.00. The van der Waals surface area contributed by atoms with Crippen molar-refractivity contribution in [1.29, 1.82) is 0 Å². The molecule has 0 aliphatic carbocycles. The van der Waals surface area contributed by atoms with E-state index in [4.69, 9.17) is 16.6 Å². The summed E-state index contributed by atoms with van der Waals surface area (Å²) in [6.45, 7) is 3.54. The Morgan fingerprint density at radius 1 is 1.56 bits per heavy atom. The van der Waals surface area contributed by atoms with Crippen molar-refractivity contribution in [2.24, 2.45) is 5.73 Å². The average Bonchev–Trinajstić information content (AvgIpc) is 2.20. The topological polar surface area (TPSA) is 110 Å². The minimum absolute atomic E-state index is 0.0832. The standard InChI is InChI=1S/C11H14N2O3/c1-2-3-8(12)6-4-9(13)7(11(15)16)5-10(6)14/h2,4-5,8,14H,1,3,12-13H2,(H,15,16). The number of hydrogen-bond donors (Lipinski definition) is 4. The summed E-state index contributed by atoms with van der Waals surface area (Å²) in [4.78, 5) is 10.7. The smallest absolute Gasteiger partial charge is 0.337 e. The van der Waals surface area contributed by atoms with Crippen LogP contribution in [0.4, 0.5) is 5.69 Å². The average molecular weight is 222 g/mol. The molecule has 1 aromatic carbocycles. The molecular formula is C11H14N2O3. The second-order valence-electron chi connectivity index (χ2n) is 3.43. The molecule has 0 radical (unpaired) electrons. The third-order valence-corrected chi connectivity index (χ3v) is 2.25. The number of anilines is 1. The second kappa shape index (κ2) is 4.67. The lowest BCUT2D eigenvalue weighted by Gasteiger charge is -2.13. The Kier molecular flexibility index (Phi) is 3.52. The molecule has 0 saturated carbocycles. The number of phenolic OH excluding ortho intramolecular Hbond substituents is 1. The van der Waals surface area contributed by atoms with Gasteiger partial charge in [0.05, 0.1) is 5.56 Å². The fraction of sp³-hybridized carbons (Fsp3) is 0.182. The van der Waals surface area contributed by atoms with E-state index >= 15 is 0 Å². The molecule has 0 aliphatic rings. The molecule has 1 atom stereocenters. The summed E-state index contributed by atoms with van der Waals surface area (Å²) < 4.78 is 0. The Balaban J connectivity index is 3.19. The molecule has 0 saturated heterocycles. The van der Waals surface area contributed by atoms with Gasteiger partial charge in [0.1, 0.15) is 5.75 Å². The highest BCUT2D eigenvalue weighted by molar-refractivity contribution is 5.94. The van der Waals surface area contributed by atoms with Crippen molar-refractivity contribution in [3.8, 4) is 5.75 Å². The Hall–Kier alpha value is -2.01. The number of carboxylic acid groups (broad SMARTS) is 1. The Bertz CT molecular complexity index is 429. The number of aromatic hydroxyl groups is 1.